The van der Waals surface area contributed by atoms with E-state index in [0.717, 1.165) is 143 Å². The van der Waals surface area contributed by atoms with Gasteiger partial charge < -0.3 is 27.5 Å². The maximum absolute atomic E-state index is 6.92. The van der Waals surface area contributed by atoms with Gasteiger partial charge in [0, 0.05) is 81.6 Å². The first kappa shape index (κ1) is 56.6. The normalized spacial score (nSPS) is 13.6. The van der Waals surface area contributed by atoms with Crippen LogP contribution in [0.25, 0.3) is 88.9 Å². The van der Waals surface area contributed by atoms with Gasteiger partial charge in [-0.05, 0) is 184 Å². The highest BCUT2D eigenvalue weighted by atomic mass is 79.9. The number of para-hydroxylation sites is 4. The van der Waals surface area contributed by atoms with E-state index in [-0.39, 0.29) is 0 Å². The molecular formula is C84H56Br2N6O4. The van der Waals surface area contributed by atoms with Gasteiger partial charge >= 0.3 is 0 Å². The van der Waals surface area contributed by atoms with Gasteiger partial charge in [-0.3, -0.25) is 0 Å². The highest BCUT2D eigenvalue weighted by molar-refractivity contribution is 9.11. The van der Waals surface area contributed by atoms with E-state index >= 15 is 0 Å². The van der Waals surface area contributed by atoms with Crippen molar-refractivity contribution in [3.8, 4) is 44.5 Å². The topological polar surface area (TPSA) is 111 Å². The lowest BCUT2D eigenvalue weighted by Gasteiger charge is -2.33. The Morgan fingerprint density at radius 2 is 0.552 bits per heavy atom. The van der Waals surface area contributed by atoms with E-state index in [4.69, 9.17) is 37.6 Å². The van der Waals surface area contributed by atoms with Crippen LogP contribution in [0.5, 0.6) is 0 Å². The third-order valence-corrected chi connectivity index (χ3v) is 21.4. The summed E-state index contributed by atoms with van der Waals surface area (Å²) in [5.41, 5.74) is 31.7. The Kier molecular flexibility index (Phi) is 12.3. The number of aryl methyl sites for hydroxylation is 6. The van der Waals surface area contributed by atoms with Crippen LogP contribution in [-0.4, -0.2) is 19.9 Å². The fourth-order valence-electron chi connectivity index (χ4n) is 16.7. The SMILES string of the molecule is Cc1nc2c(Br)cc3c(c2o1)-c1c(cc(Br)c2nc(C)oc12)C31c2ccccc2-c2ccccc21.Cc1nc2c(N(c3ccccc3)c3ccccc3C)cc3c(c2o1)-c1c(cc(N(c2ccccc2)c2ccccc2C)c2nc(C)oc12)C31c2ccccc2-c2ccccc21. The van der Waals surface area contributed by atoms with Crippen molar-refractivity contribution in [2.75, 3.05) is 9.80 Å². The first-order valence-corrected chi connectivity index (χ1v) is 33.8. The molecule has 4 aliphatic rings. The summed E-state index contributed by atoms with van der Waals surface area (Å²) in [4.78, 5) is 24.5. The van der Waals surface area contributed by atoms with Crippen LogP contribution < -0.4 is 9.80 Å². The number of oxazole rings is 4. The molecule has 0 atom stereocenters. The van der Waals surface area contributed by atoms with E-state index < -0.39 is 10.8 Å². The zero-order valence-electron chi connectivity index (χ0n) is 53.0. The van der Waals surface area contributed by atoms with Crippen LogP contribution in [0.1, 0.15) is 79.2 Å². The van der Waals surface area contributed by atoms with Gasteiger partial charge in [-0.15, -0.1) is 0 Å². The van der Waals surface area contributed by atoms with Crippen LogP contribution in [0.15, 0.2) is 257 Å². The van der Waals surface area contributed by atoms with E-state index in [0.29, 0.717) is 23.6 Å². The van der Waals surface area contributed by atoms with Gasteiger partial charge in [-0.25, -0.2) is 19.9 Å². The minimum Gasteiger partial charge on any atom is -0.440 e. The molecule has 0 fully saturated rings. The number of benzene rings is 12. The number of aromatic nitrogens is 4. The molecule has 16 aromatic rings. The number of hydrogen-bond donors (Lipinski definition) is 0. The number of nitrogens with zero attached hydrogens (tertiary/aromatic N) is 6. The molecule has 0 bridgehead atoms. The van der Waals surface area contributed by atoms with Crippen molar-refractivity contribution in [1.82, 2.24) is 19.9 Å². The fourth-order valence-corrected chi connectivity index (χ4v) is 17.7. The summed E-state index contributed by atoms with van der Waals surface area (Å²) >= 11 is 7.64. The molecule has 4 heterocycles. The van der Waals surface area contributed by atoms with E-state index in [2.05, 4.69) is 286 Å². The molecule has 4 aliphatic carbocycles. The Morgan fingerprint density at radius 3 is 0.885 bits per heavy atom. The number of anilines is 6. The summed E-state index contributed by atoms with van der Waals surface area (Å²) in [6.07, 6.45) is 0. The molecule has 0 N–H and O–H groups in total. The molecule has 0 unspecified atom stereocenters. The molecule has 20 rings (SSSR count). The van der Waals surface area contributed by atoms with E-state index in [1.165, 1.54) is 44.5 Å². The second kappa shape index (κ2) is 20.8. The lowest BCUT2D eigenvalue weighted by molar-refractivity contribution is 0.558. The predicted octanol–water partition coefficient (Wildman–Crippen LogP) is 22.9. The lowest BCUT2D eigenvalue weighted by Crippen LogP contribution is -2.27. The average Bonchev–Trinajstić information content (AvgIpc) is 1.50. The summed E-state index contributed by atoms with van der Waals surface area (Å²) < 4.78 is 28.3. The van der Waals surface area contributed by atoms with Crippen molar-refractivity contribution in [1.29, 1.82) is 0 Å². The summed E-state index contributed by atoms with van der Waals surface area (Å²) in [5, 5.41) is 0. The van der Waals surface area contributed by atoms with Crippen molar-refractivity contribution < 1.29 is 17.7 Å². The summed E-state index contributed by atoms with van der Waals surface area (Å²) in [5.74, 6) is 2.44. The first-order chi connectivity index (χ1) is 46.9. The molecule has 460 valence electrons. The lowest BCUT2D eigenvalue weighted by atomic mass is 9.70. The Bertz CT molecular complexity index is 5640. The summed E-state index contributed by atoms with van der Waals surface area (Å²) in [6, 6.07) is 82.8. The molecule has 96 heavy (non-hydrogen) atoms. The number of halogens is 2. The maximum atomic E-state index is 6.92. The second-order valence-corrected chi connectivity index (χ2v) is 27.1. The summed E-state index contributed by atoms with van der Waals surface area (Å²) in [6.45, 7) is 12.0. The molecule has 0 radical (unpaired) electrons. The Labute approximate surface area is 569 Å². The van der Waals surface area contributed by atoms with Crippen molar-refractivity contribution in [3.63, 3.8) is 0 Å². The molecular weight excluding hydrogens is 1320 g/mol. The zero-order valence-corrected chi connectivity index (χ0v) is 56.2. The quantitative estimate of drug-likeness (QED) is 0.160. The summed E-state index contributed by atoms with van der Waals surface area (Å²) in [7, 11) is 0. The molecule has 0 saturated heterocycles. The predicted molar refractivity (Wildman–Crippen MR) is 389 cm³/mol. The van der Waals surface area contributed by atoms with Crippen LogP contribution in [0.2, 0.25) is 0 Å². The number of hydrogen-bond acceptors (Lipinski definition) is 10. The van der Waals surface area contributed by atoms with E-state index in [1.807, 2.05) is 27.7 Å². The Hall–Kier alpha value is -10.9. The molecule has 0 aliphatic heterocycles. The van der Waals surface area contributed by atoms with Gasteiger partial charge in [0.25, 0.3) is 0 Å². The second-order valence-electron chi connectivity index (χ2n) is 25.4. The van der Waals surface area contributed by atoms with Crippen LogP contribution in [0.3, 0.4) is 0 Å². The van der Waals surface area contributed by atoms with Crippen molar-refractivity contribution in [2.24, 2.45) is 0 Å². The monoisotopic (exact) mass is 1370 g/mol. The van der Waals surface area contributed by atoms with Gasteiger partial charge in [0.1, 0.15) is 22.1 Å². The largest absolute Gasteiger partial charge is 0.440 e. The number of fused-ring (bicyclic) bond motifs is 28. The first-order valence-electron chi connectivity index (χ1n) is 32.2. The molecule has 0 amide bonds. The van der Waals surface area contributed by atoms with Gasteiger partial charge in [0.05, 0.1) is 22.2 Å². The molecule has 10 nitrogen and oxygen atoms in total. The number of rotatable bonds is 6. The van der Waals surface area contributed by atoms with Gasteiger partial charge in [0.15, 0.2) is 45.9 Å². The molecule has 0 saturated carbocycles. The zero-order chi connectivity index (χ0) is 64.6. The van der Waals surface area contributed by atoms with Crippen molar-refractivity contribution in [3.05, 3.63) is 319 Å². The highest BCUT2D eigenvalue weighted by Gasteiger charge is 2.56. The van der Waals surface area contributed by atoms with Crippen molar-refractivity contribution >= 4 is 110 Å². The maximum Gasteiger partial charge on any atom is 0.192 e. The minimum absolute atomic E-state index is 0.521. The van der Waals surface area contributed by atoms with Crippen LogP contribution >= 0.6 is 31.9 Å². The average molecular weight is 1370 g/mol. The third kappa shape index (κ3) is 7.62. The Morgan fingerprint density at radius 1 is 0.281 bits per heavy atom. The van der Waals surface area contributed by atoms with Crippen LogP contribution in [-0.2, 0) is 10.8 Å². The van der Waals surface area contributed by atoms with E-state index in [1.54, 1.807) is 0 Å². The smallest absolute Gasteiger partial charge is 0.192 e. The molecule has 2 spiro atoms. The van der Waals surface area contributed by atoms with Crippen molar-refractivity contribution in [2.45, 2.75) is 52.4 Å². The fraction of sp³-hybridized carbons (Fsp3) is 0.0952. The Balaban J connectivity index is 0.000000157. The third-order valence-electron chi connectivity index (χ3n) is 20.2. The van der Waals surface area contributed by atoms with E-state index in [9.17, 15) is 0 Å². The highest BCUT2D eigenvalue weighted by Crippen LogP contribution is 2.69. The minimum atomic E-state index is -0.771. The molecule has 12 heteroatoms. The standard InChI is InChI=1S/C55H40N4O2.C29H16Br2N2O2/c1-33-19-11-17-29-45(33)58(37-21-7-5-8-22-37)47-31-43-49(53-51(47)56-35(3)60-53)50-44(55(43)41-27-15-13-25-39(41)40-26-14-16-28-42(40)55)32-48(52-54(50)61-36(4)57-52)59(38-23-9-6-10-24-38)46-30-18-12-20-34(46)2;1-13-32-25-21(30)11-19-23(27(25)34-13)24-20(12-22(31)26-28(24)35-14(2)33-26)29(19)17-9-5-3-7-15(17)16-8-4-6-10-18(16)29/h5-32H,1-4H3;3-12H,1-2H3. The van der Waals surface area contributed by atoms with Crippen LogP contribution in [0, 0.1) is 41.5 Å². The van der Waals surface area contributed by atoms with Gasteiger partial charge in [-0.1, -0.05) is 170 Å². The van der Waals surface area contributed by atoms with Crippen LogP contribution in [0.4, 0.5) is 34.1 Å². The molecule has 4 aromatic heterocycles. The molecule has 12 aromatic carbocycles. The van der Waals surface area contributed by atoms with Gasteiger partial charge in [-0.2, -0.15) is 0 Å². The van der Waals surface area contributed by atoms with Gasteiger partial charge in [0.2, 0.25) is 0 Å².